The third-order valence-corrected chi connectivity index (χ3v) is 8.45. The van der Waals surface area contributed by atoms with E-state index < -0.39 is 15.9 Å². The van der Waals surface area contributed by atoms with Crippen LogP contribution in [0.2, 0.25) is 0 Å². The van der Waals surface area contributed by atoms with E-state index >= 15 is 0 Å². The molecule has 1 aromatic heterocycles. The van der Waals surface area contributed by atoms with Crippen molar-refractivity contribution < 1.29 is 13.2 Å². The van der Waals surface area contributed by atoms with Gasteiger partial charge in [0, 0.05) is 39.3 Å². The van der Waals surface area contributed by atoms with Crippen LogP contribution in [0.3, 0.4) is 0 Å². The molecule has 0 atom stereocenters. The van der Waals surface area contributed by atoms with Crippen molar-refractivity contribution in [2.75, 3.05) is 56.0 Å². The Labute approximate surface area is 206 Å². The van der Waals surface area contributed by atoms with E-state index in [-0.39, 0.29) is 10.6 Å². The normalized spacial score (nSPS) is 15.0. The molecule has 0 saturated carbocycles. The molecule has 0 spiro atoms. The number of para-hydroxylation sites is 2. The predicted molar refractivity (Wildman–Crippen MR) is 138 cm³/mol. The van der Waals surface area contributed by atoms with E-state index in [0.29, 0.717) is 29.8 Å². The highest BCUT2D eigenvalue weighted by atomic mass is 32.2. The molecular formula is C25H32N6O3S. The van der Waals surface area contributed by atoms with Crippen LogP contribution < -0.4 is 10.2 Å². The van der Waals surface area contributed by atoms with Gasteiger partial charge in [0.1, 0.15) is 5.69 Å². The molecule has 2 heterocycles. The van der Waals surface area contributed by atoms with Gasteiger partial charge in [0.2, 0.25) is 10.0 Å². The highest BCUT2D eigenvalue weighted by Crippen LogP contribution is 2.31. The number of carbonyl (C=O) groups excluding carboxylic acids is 1. The standard InChI is InChI=1S/C25H32N6O3S/c1-4-29-13-15-30(16-14-29)24-12-11-19(35(33,34)31(5-2)6-3)17-22(24)28-25(32)23-18-26-20-9-7-8-10-21(20)27-23/h7-12,17-18H,4-6,13-16H2,1-3H3,(H,28,32). The Morgan fingerprint density at radius 1 is 1.00 bits per heavy atom. The highest BCUT2D eigenvalue weighted by Gasteiger charge is 2.26. The van der Waals surface area contributed by atoms with E-state index in [1.165, 1.54) is 10.5 Å². The molecule has 0 radical (unpaired) electrons. The first-order chi connectivity index (χ1) is 16.9. The van der Waals surface area contributed by atoms with Crippen LogP contribution in [-0.2, 0) is 10.0 Å². The molecule has 186 valence electrons. The fourth-order valence-corrected chi connectivity index (χ4v) is 5.81. The van der Waals surface area contributed by atoms with Crippen LogP contribution in [0.15, 0.2) is 53.6 Å². The van der Waals surface area contributed by atoms with E-state index in [2.05, 4.69) is 32.0 Å². The number of likely N-dealkylation sites (N-methyl/N-ethyl adjacent to an activating group) is 1. The van der Waals surface area contributed by atoms with E-state index in [1.54, 1.807) is 24.3 Å². The average Bonchev–Trinajstić information content (AvgIpc) is 2.89. The summed E-state index contributed by atoms with van der Waals surface area (Å²) in [5.41, 5.74) is 2.73. The Morgan fingerprint density at radius 2 is 1.69 bits per heavy atom. The number of piperazine rings is 1. The summed E-state index contributed by atoms with van der Waals surface area (Å²) in [7, 11) is -3.69. The minimum Gasteiger partial charge on any atom is -0.367 e. The highest BCUT2D eigenvalue weighted by molar-refractivity contribution is 7.89. The zero-order chi connectivity index (χ0) is 25.0. The van der Waals surface area contributed by atoms with Gasteiger partial charge in [-0.3, -0.25) is 9.78 Å². The molecular weight excluding hydrogens is 464 g/mol. The monoisotopic (exact) mass is 496 g/mol. The van der Waals surface area contributed by atoms with Crippen LogP contribution in [-0.4, -0.2) is 79.3 Å². The molecule has 1 amide bonds. The number of rotatable bonds is 8. The van der Waals surface area contributed by atoms with Crippen LogP contribution >= 0.6 is 0 Å². The fraction of sp³-hybridized carbons (Fsp3) is 0.400. The van der Waals surface area contributed by atoms with Crippen molar-refractivity contribution in [2.24, 2.45) is 0 Å². The third-order valence-electron chi connectivity index (χ3n) is 6.40. The molecule has 1 saturated heterocycles. The lowest BCUT2D eigenvalue weighted by atomic mass is 10.2. The number of aromatic nitrogens is 2. The van der Waals surface area contributed by atoms with E-state index in [1.807, 2.05) is 32.0 Å². The quantitative estimate of drug-likeness (QED) is 0.512. The maximum atomic E-state index is 13.2. The molecule has 10 heteroatoms. The number of hydrogen-bond donors (Lipinski definition) is 1. The summed E-state index contributed by atoms with van der Waals surface area (Å²) in [4.78, 5) is 26.7. The van der Waals surface area contributed by atoms with Crippen molar-refractivity contribution in [1.82, 2.24) is 19.2 Å². The Hall–Kier alpha value is -3.08. The van der Waals surface area contributed by atoms with Crippen molar-refractivity contribution in [2.45, 2.75) is 25.7 Å². The van der Waals surface area contributed by atoms with Gasteiger partial charge in [0.15, 0.2) is 0 Å². The summed E-state index contributed by atoms with van der Waals surface area (Å²) in [6.45, 7) is 10.9. The second-order valence-electron chi connectivity index (χ2n) is 8.39. The lowest BCUT2D eigenvalue weighted by molar-refractivity contribution is 0.102. The first kappa shape index (κ1) is 25.0. The zero-order valence-corrected chi connectivity index (χ0v) is 21.3. The molecule has 0 aliphatic carbocycles. The lowest BCUT2D eigenvalue weighted by Gasteiger charge is -2.36. The summed E-state index contributed by atoms with van der Waals surface area (Å²) in [5, 5.41) is 2.92. The van der Waals surface area contributed by atoms with Crippen LogP contribution in [0.25, 0.3) is 11.0 Å². The molecule has 1 fully saturated rings. The Bertz CT molecular complexity index is 1300. The van der Waals surface area contributed by atoms with E-state index in [0.717, 1.165) is 38.4 Å². The minimum absolute atomic E-state index is 0.150. The van der Waals surface area contributed by atoms with Crippen molar-refractivity contribution in [3.8, 4) is 0 Å². The number of benzene rings is 2. The first-order valence-corrected chi connectivity index (χ1v) is 13.5. The molecule has 1 aliphatic heterocycles. The van der Waals surface area contributed by atoms with Gasteiger partial charge in [-0.25, -0.2) is 13.4 Å². The van der Waals surface area contributed by atoms with Gasteiger partial charge in [0.25, 0.3) is 5.91 Å². The summed E-state index contributed by atoms with van der Waals surface area (Å²) in [5.74, 6) is -0.436. The molecule has 2 aromatic carbocycles. The predicted octanol–water partition coefficient (Wildman–Crippen LogP) is 3.05. The lowest BCUT2D eigenvalue weighted by Crippen LogP contribution is -2.46. The topological polar surface area (TPSA) is 98.7 Å². The fourth-order valence-electron chi connectivity index (χ4n) is 4.32. The summed E-state index contributed by atoms with van der Waals surface area (Å²) < 4.78 is 27.8. The number of nitrogens with zero attached hydrogens (tertiary/aromatic N) is 5. The van der Waals surface area contributed by atoms with Gasteiger partial charge in [-0.1, -0.05) is 32.9 Å². The van der Waals surface area contributed by atoms with Gasteiger partial charge in [0.05, 0.1) is 33.5 Å². The van der Waals surface area contributed by atoms with Gasteiger partial charge in [-0.15, -0.1) is 0 Å². The summed E-state index contributed by atoms with van der Waals surface area (Å²) >= 11 is 0. The van der Waals surface area contributed by atoms with Crippen LogP contribution in [0.1, 0.15) is 31.3 Å². The van der Waals surface area contributed by atoms with Gasteiger partial charge in [-0.2, -0.15) is 4.31 Å². The van der Waals surface area contributed by atoms with Crippen LogP contribution in [0.5, 0.6) is 0 Å². The third kappa shape index (κ3) is 5.29. The second-order valence-corrected chi connectivity index (χ2v) is 10.3. The SMILES string of the molecule is CCN1CCN(c2ccc(S(=O)(=O)N(CC)CC)cc2NC(=O)c2cnc3ccccc3n2)CC1. The van der Waals surface area contributed by atoms with E-state index in [9.17, 15) is 13.2 Å². The molecule has 4 rings (SSSR count). The maximum absolute atomic E-state index is 13.2. The Balaban J connectivity index is 1.70. The number of anilines is 2. The van der Waals surface area contributed by atoms with Crippen LogP contribution in [0.4, 0.5) is 11.4 Å². The van der Waals surface area contributed by atoms with Crippen molar-refractivity contribution >= 4 is 38.3 Å². The molecule has 3 aromatic rings. The zero-order valence-electron chi connectivity index (χ0n) is 20.4. The summed E-state index contributed by atoms with van der Waals surface area (Å²) in [6, 6.07) is 12.3. The average molecular weight is 497 g/mol. The molecule has 35 heavy (non-hydrogen) atoms. The second kappa shape index (κ2) is 10.7. The van der Waals surface area contributed by atoms with Gasteiger partial charge >= 0.3 is 0 Å². The number of fused-ring (bicyclic) bond motifs is 1. The number of nitrogens with one attached hydrogen (secondary N) is 1. The number of hydrogen-bond acceptors (Lipinski definition) is 7. The number of carbonyl (C=O) groups is 1. The Kier molecular flexibility index (Phi) is 7.63. The molecule has 1 N–H and O–H groups in total. The molecule has 0 unspecified atom stereocenters. The number of amides is 1. The largest absolute Gasteiger partial charge is 0.367 e. The Morgan fingerprint density at radius 3 is 2.34 bits per heavy atom. The van der Waals surface area contributed by atoms with Gasteiger partial charge < -0.3 is 15.1 Å². The molecule has 1 aliphatic rings. The maximum Gasteiger partial charge on any atom is 0.275 e. The van der Waals surface area contributed by atoms with E-state index in [4.69, 9.17) is 0 Å². The van der Waals surface area contributed by atoms with Crippen molar-refractivity contribution in [3.05, 3.63) is 54.4 Å². The first-order valence-electron chi connectivity index (χ1n) is 12.0. The smallest absolute Gasteiger partial charge is 0.275 e. The summed E-state index contributed by atoms with van der Waals surface area (Å²) in [6.07, 6.45) is 1.44. The molecule has 9 nitrogen and oxygen atoms in total. The number of sulfonamides is 1. The van der Waals surface area contributed by atoms with Gasteiger partial charge in [-0.05, 0) is 36.9 Å². The van der Waals surface area contributed by atoms with Crippen molar-refractivity contribution in [1.29, 1.82) is 0 Å². The minimum atomic E-state index is -3.69. The van der Waals surface area contributed by atoms with Crippen LogP contribution in [0, 0.1) is 0 Å². The van der Waals surface area contributed by atoms with Crippen molar-refractivity contribution in [3.63, 3.8) is 0 Å². The molecule has 0 bridgehead atoms.